The monoisotopic (exact) mass is 330 g/mol. The van der Waals surface area contributed by atoms with Crippen LogP contribution in [0.5, 0.6) is 0 Å². The lowest BCUT2D eigenvalue weighted by molar-refractivity contribution is -0.146. The predicted molar refractivity (Wildman–Crippen MR) is 93.5 cm³/mol. The Morgan fingerprint density at radius 3 is 2.54 bits per heavy atom. The van der Waals surface area contributed by atoms with Crippen LogP contribution < -0.4 is 5.43 Å². The summed E-state index contributed by atoms with van der Waals surface area (Å²) in [7, 11) is 0. The highest BCUT2D eigenvalue weighted by Crippen LogP contribution is 2.47. The Labute approximate surface area is 143 Å². The Balaban J connectivity index is 1.94. The van der Waals surface area contributed by atoms with Crippen molar-refractivity contribution in [2.45, 2.75) is 40.0 Å². The van der Waals surface area contributed by atoms with Gasteiger partial charge in [0.25, 0.3) is 0 Å². The first-order valence-corrected chi connectivity index (χ1v) is 8.51. The molecule has 1 N–H and O–H groups in total. The summed E-state index contributed by atoms with van der Waals surface area (Å²) in [5, 5.41) is 4.15. The number of nitrogens with one attached hydrogen (secondary N) is 1. The van der Waals surface area contributed by atoms with Crippen molar-refractivity contribution in [1.82, 2.24) is 5.43 Å². The standard InChI is InChI=1S/C19H26N2O3/c1-5-24-19(23)17(12(2)3)13(4)20-21-18(22)16-11-15(16)14-9-7-6-8-10-14/h6-10,12,15-17H,5,11H2,1-4H3,(H,21,22)/b20-13-/t15-,16-,17+/m1/s1. The normalized spacial score (nSPS) is 21.3. The third-order valence-electron chi connectivity index (χ3n) is 4.35. The van der Waals surface area contributed by atoms with Crippen molar-refractivity contribution < 1.29 is 14.3 Å². The van der Waals surface area contributed by atoms with Crippen LogP contribution in [0.2, 0.25) is 0 Å². The molecule has 0 aliphatic heterocycles. The third-order valence-corrected chi connectivity index (χ3v) is 4.35. The van der Waals surface area contributed by atoms with Crippen LogP contribution in [0.25, 0.3) is 0 Å². The molecule has 5 nitrogen and oxygen atoms in total. The second-order valence-electron chi connectivity index (χ2n) is 6.56. The number of esters is 1. The molecule has 1 aromatic rings. The largest absolute Gasteiger partial charge is 0.465 e. The lowest BCUT2D eigenvalue weighted by Crippen LogP contribution is -2.31. The molecule has 2 rings (SSSR count). The Bertz CT molecular complexity index is 610. The maximum absolute atomic E-state index is 12.2. The first-order chi connectivity index (χ1) is 11.5. The smallest absolute Gasteiger partial charge is 0.314 e. The Kier molecular flexibility index (Phi) is 6.12. The number of hydrogen-bond donors (Lipinski definition) is 1. The van der Waals surface area contributed by atoms with E-state index >= 15 is 0 Å². The molecule has 130 valence electrons. The van der Waals surface area contributed by atoms with E-state index in [0.717, 1.165) is 6.42 Å². The molecule has 1 amide bonds. The van der Waals surface area contributed by atoms with E-state index in [2.05, 4.69) is 10.5 Å². The van der Waals surface area contributed by atoms with Crippen LogP contribution in [0.1, 0.15) is 45.6 Å². The number of carbonyl (C=O) groups excluding carboxylic acids is 2. The van der Waals surface area contributed by atoms with Crippen molar-refractivity contribution in [2.24, 2.45) is 22.9 Å². The van der Waals surface area contributed by atoms with Gasteiger partial charge in [0.05, 0.1) is 12.5 Å². The first kappa shape index (κ1) is 18.2. The number of carbonyl (C=O) groups is 2. The fourth-order valence-electron chi connectivity index (χ4n) is 3.01. The molecule has 1 aliphatic rings. The van der Waals surface area contributed by atoms with Crippen LogP contribution in [0.15, 0.2) is 35.4 Å². The van der Waals surface area contributed by atoms with Gasteiger partial charge in [0, 0.05) is 11.6 Å². The number of nitrogens with zero attached hydrogens (tertiary/aromatic N) is 1. The van der Waals surface area contributed by atoms with E-state index < -0.39 is 5.92 Å². The summed E-state index contributed by atoms with van der Waals surface area (Å²) in [5.41, 5.74) is 4.38. The zero-order chi connectivity index (χ0) is 17.7. The van der Waals surface area contributed by atoms with E-state index in [4.69, 9.17) is 4.74 Å². The summed E-state index contributed by atoms with van der Waals surface area (Å²) in [6.07, 6.45) is 0.843. The van der Waals surface area contributed by atoms with Crippen LogP contribution in [-0.4, -0.2) is 24.2 Å². The zero-order valence-corrected chi connectivity index (χ0v) is 14.8. The van der Waals surface area contributed by atoms with Crippen molar-refractivity contribution in [2.75, 3.05) is 6.61 Å². The first-order valence-electron chi connectivity index (χ1n) is 8.51. The van der Waals surface area contributed by atoms with Crippen molar-refractivity contribution in [3.05, 3.63) is 35.9 Å². The molecule has 0 spiro atoms. The van der Waals surface area contributed by atoms with Gasteiger partial charge in [-0.3, -0.25) is 9.59 Å². The molecule has 0 aromatic heterocycles. The molecule has 0 saturated heterocycles. The molecule has 1 aromatic carbocycles. The molecule has 1 fully saturated rings. The van der Waals surface area contributed by atoms with E-state index in [1.54, 1.807) is 13.8 Å². The molecule has 1 aliphatic carbocycles. The summed E-state index contributed by atoms with van der Waals surface area (Å²) in [6, 6.07) is 10.0. The van der Waals surface area contributed by atoms with E-state index in [1.807, 2.05) is 44.2 Å². The highest BCUT2D eigenvalue weighted by atomic mass is 16.5. The summed E-state index contributed by atoms with van der Waals surface area (Å²) in [4.78, 5) is 24.3. The molecular formula is C19H26N2O3. The quantitative estimate of drug-likeness (QED) is 0.474. The maximum atomic E-state index is 12.2. The third kappa shape index (κ3) is 4.43. The summed E-state index contributed by atoms with van der Waals surface area (Å²) in [6.45, 7) is 7.75. The van der Waals surface area contributed by atoms with Crippen molar-refractivity contribution in [3.63, 3.8) is 0 Å². The minimum atomic E-state index is -0.436. The van der Waals surface area contributed by atoms with Gasteiger partial charge in [0.2, 0.25) is 5.91 Å². The van der Waals surface area contributed by atoms with Gasteiger partial charge >= 0.3 is 5.97 Å². The Morgan fingerprint density at radius 2 is 1.96 bits per heavy atom. The number of hydrazone groups is 1. The Hall–Kier alpha value is -2.17. The Morgan fingerprint density at radius 1 is 1.29 bits per heavy atom. The van der Waals surface area contributed by atoms with E-state index in [-0.39, 0.29) is 29.6 Å². The van der Waals surface area contributed by atoms with Gasteiger partial charge in [0.1, 0.15) is 0 Å². The molecule has 0 unspecified atom stereocenters. The molecule has 0 radical (unpaired) electrons. The van der Waals surface area contributed by atoms with Gasteiger partial charge in [-0.2, -0.15) is 5.10 Å². The summed E-state index contributed by atoms with van der Waals surface area (Å²) in [5.74, 6) is -0.528. The molecular weight excluding hydrogens is 304 g/mol. The summed E-state index contributed by atoms with van der Waals surface area (Å²) < 4.78 is 5.10. The van der Waals surface area contributed by atoms with Crippen molar-refractivity contribution in [1.29, 1.82) is 0 Å². The predicted octanol–water partition coefficient (Wildman–Crippen LogP) is 3.12. The molecule has 0 heterocycles. The molecule has 0 bridgehead atoms. The fraction of sp³-hybridized carbons (Fsp3) is 0.526. The van der Waals surface area contributed by atoms with E-state index in [9.17, 15) is 9.59 Å². The van der Waals surface area contributed by atoms with Gasteiger partial charge in [-0.25, -0.2) is 5.43 Å². The van der Waals surface area contributed by atoms with Crippen LogP contribution in [0.3, 0.4) is 0 Å². The lowest BCUT2D eigenvalue weighted by atomic mass is 9.92. The average Bonchev–Trinajstić information content (AvgIpc) is 3.34. The van der Waals surface area contributed by atoms with Crippen molar-refractivity contribution >= 4 is 17.6 Å². The topological polar surface area (TPSA) is 67.8 Å². The van der Waals surface area contributed by atoms with Gasteiger partial charge < -0.3 is 4.74 Å². The van der Waals surface area contributed by atoms with E-state index in [0.29, 0.717) is 12.3 Å². The van der Waals surface area contributed by atoms with Crippen LogP contribution in [0.4, 0.5) is 0 Å². The molecule has 3 atom stereocenters. The molecule has 1 saturated carbocycles. The average molecular weight is 330 g/mol. The minimum Gasteiger partial charge on any atom is -0.465 e. The second-order valence-corrected chi connectivity index (χ2v) is 6.56. The second kappa shape index (κ2) is 8.08. The highest BCUT2D eigenvalue weighted by Gasteiger charge is 2.44. The van der Waals surface area contributed by atoms with Crippen molar-refractivity contribution in [3.8, 4) is 0 Å². The lowest BCUT2D eigenvalue weighted by Gasteiger charge is -2.18. The highest BCUT2D eigenvalue weighted by molar-refractivity contribution is 6.01. The SMILES string of the molecule is CCOC(=O)[C@H](/C(C)=N\NC(=O)[C@@H]1C[C@@H]1c1ccccc1)C(C)C. The van der Waals surface area contributed by atoms with Gasteiger partial charge in [-0.1, -0.05) is 44.2 Å². The maximum Gasteiger partial charge on any atom is 0.314 e. The van der Waals surface area contributed by atoms with Gasteiger partial charge in [-0.05, 0) is 37.7 Å². The van der Waals surface area contributed by atoms with E-state index in [1.165, 1.54) is 5.56 Å². The summed E-state index contributed by atoms with van der Waals surface area (Å²) >= 11 is 0. The number of hydrogen-bond acceptors (Lipinski definition) is 4. The number of rotatable bonds is 7. The zero-order valence-electron chi connectivity index (χ0n) is 14.8. The van der Waals surface area contributed by atoms with Gasteiger partial charge in [-0.15, -0.1) is 0 Å². The van der Waals surface area contributed by atoms with Crippen LogP contribution in [-0.2, 0) is 14.3 Å². The van der Waals surface area contributed by atoms with Crippen LogP contribution in [0, 0.1) is 17.8 Å². The van der Waals surface area contributed by atoms with Crippen LogP contribution >= 0.6 is 0 Å². The number of benzene rings is 1. The molecule has 24 heavy (non-hydrogen) atoms. The number of ether oxygens (including phenoxy) is 1. The number of amides is 1. The molecule has 5 heteroatoms. The van der Waals surface area contributed by atoms with Gasteiger partial charge in [0.15, 0.2) is 0 Å². The minimum absolute atomic E-state index is 0.0379. The fourth-order valence-corrected chi connectivity index (χ4v) is 3.01.